The van der Waals surface area contributed by atoms with Gasteiger partial charge < -0.3 is 16.0 Å². The first kappa shape index (κ1) is 21.4. The molecule has 0 aliphatic heterocycles. The molecule has 7 heteroatoms. The van der Waals surface area contributed by atoms with Crippen molar-refractivity contribution < 1.29 is 4.79 Å². The summed E-state index contributed by atoms with van der Waals surface area (Å²) < 4.78 is 0. The highest BCUT2D eigenvalue weighted by Gasteiger charge is 2.06. The average Bonchev–Trinajstić information content (AvgIpc) is 3.00. The molecule has 0 spiro atoms. The van der Waals surface area contributed by atoms with Crippen LogP contribution in [0.25, 0.3) is 0 Å². The Bertz CT molecular complexity index is 715. The highest BCUT2D eigenvalue weighted by atomic mass is 127. The van der Waals surface area contributed by atoms with Crippen LogP contribution in [0.15, 0.2) is 40.7 Å². The van der Waals surface area contributed by atoms with E-state index in [0.717, 1.165) is 12.1 Å². The number of guanidine groups is 1. The Labute approximate surface area is 170 Å². The number of hydrogen-bond donors (Lipinski definition) is 3. The zero-order valence-corrected chi connectivity index (χ0v) is 17.9. The van der Waals surface area contributed by atoms with Crippen molar-refractivity contribution in [2.24, 2.45) is 4.99 Å². The molecule has 0 saturated carbocycles. The van der Waals surface area contributed by atoms with E-state index in [1.807, 2.05) is 24.3 Å². The second-order valence-electron chi connectivity index (χ2n) is 5.41. The number of thiophene rings is 1. The number of rotatable bonds is 6. The Hall–Kier alpha value is -1.61. The number of nitrogens with zero attached hydrogens (tertiary/aromatic N) is 1. The van der Waals surface area contributed by atoms with E-state index < -0.39 is 0 Å². The lowest BCUT2D eigenvalue weighted by atomic mass is 10.1. The van der Waals surface area contributed by atoms with Crippen LogP contribution in [0, 0.1) is 6.92 Å². The van der Waals surface area contributed by atoms with Crippen molar-refractivity contribution >= 4 is 52.9 Å². The van der Waals surface area contributed by atoms with Crippen molar-refractivity contribution in [1.82, 2.24) is 10.6 Å². The summed E-state index contributed by atoms with van der Waals surface area (Å²) in [6.45, 7) is 5.04. The first-order valence-electron chi connectivity index (χ1n) is 7.98. The van der Waals surface area contributed by atoms with Gasteiger partial charge in [-0.3, -0.25) is 9.79 Å². The maximum Gasteiger partial charge on any atom is 0.243 e. The summed E-state index contributed by atoms with van der Waals surface area (Å²) in [6.07, 6.45) is 0.945. The highest BCUT2D eigenvalue weighted by Crippen LogP contribution is 2.14. The van der Waals surface area contributed by atoms with Crippen molar-refractivity contribution in [1.29, 1.82) is 0 Å². The molecule has 2 rings (SSSR count). The molecule has 1 heterocycles. The highest BCUT2D eigenvalue weighted by molar-refractivity contribution is 14.0. The van der Waals surface area contributed by atoms with Crippen LogP contribution < -0.4 is 16.0 Å². The van der Waals surface area contributed by atoms with E-state index in [1.165, 1.54) is 16.0 Å². The smallest absolute Gasteiger partial charge is 0.243 e. The average molecular weight is 472 g/mol. The number of aryl methyl sites for hydroxylation is 2. The second kappa shape index (κ2) is 11.1. The maximum absolute atomic E-state index is 12.1. The first-order chi connectivity index (χ1) is 11.6. The lowest BCUT2D eigenvalue weighted by molar-refractivity contribution is -0.115. The quantitative estimate of drug-likeness (QED) is 0.343. The van der Waals surface area contributed by atoms with Crippen LogP contribution in [-0.2, 0) is 17.8 Å². The van der Waals surface area contributed by atoms with Gasteiger partial charge in [0.1, 0.15) is 0 Å². The van der Waals surface area contributed by atoms with Crippen molar-refractivity contribution in [3.63, 3.8) is 0 Å². The molecule has 0 fully saturated rings. The maximum atomic E-state index is 12.1. The van der Waals surface area contributed by atoms with E-state index in [9.17, 15) is 4.79 Å². The van der Waals surface area contributed by atoms with Gasteiger partial charge in [0.15, 0.2) is 5.96 Å². The molecule has 25 heavy (non-hydrogen) atoms. The number of carbonyl (C=O) groups is 1. The van der Waals surface area contributed by atoms with Crippen LogP contribution in [-0.4, -0.2) is 25.5 Å². The third kappa shape index (κ3) is 7.03. The molecule has 0 saturated heterocycles. The van der Waals surface area contributed by atoms with Crippen molar-refractivity contribution in [3.05, 3.63) is 51.7 Å². The first-order valence-corrected chi connectivity index (χ1v) is 8.86. The number of nitrogens with one attached hydrogen (secondary N) is 3. The standard InChI is InChI=1S/C18H24N4OS.HI/c1-4-14-6-5-7-15(10-14)22-17(23)12-21-18(19-3)20-11-16-13(2)8-9-24-16;/h5-10H,4,11-12H2,1-3H3,(H,22,23)(H2,19,20,21);1H. The number of benzene rings is 1. The second-order valence-corrected chi connectivity index (χ2v) is 6.41. The third-order valence-electron chi connectivity index (χ3n) is 3.64. The zero-order valence-electron chi connectivity index (χ0n) is 14.8. The van der Waals surface area contributed by atoms with Crippen LogP contribution in [0.3, 0.4) is 0 Å². The van der Waals surface area contributed by atoms with E-state index in [1.54, 1.807) is 18.4 Å². The summed E-state index contributed by atoms with van der Waals surface area (Å²) in [5, 5.41) is 11.2. The van der Waals surface area contributed by atoms with Gasteiger partial charge in [0, 0.05) is 17.6 Å². The minimum Gasteiger partial charge on any atom is -0.352 e. The molecule has 1 amide bonds. The monoisotopic (exact) mass is 472 g/mol. The zero-order chi connectivity index (χ0) is 17.4. The van der Waals surface area contributed by atoms with Gasteiger partial charge in [-0.2, -0.15) is 0 Å². The number of anilines is 1. The Morgan fingerprint density at radius 2 is 2.04 bits per heavy atom. The van der Waals surface area contributed by atoms with Gasteiger partial charge in [-0.15, -0.1) is 35.3 Å². The molecule has 136 valence electrons. The molecule has 3 N–H and O–H groups in total. The van der Waals surface area contributed by atoms with Gasteiger partial charge in [0.25, 0.3) is 0 Å². The summed E-state index contributed by atoms with van der Waals surface area (Å²) in [5.74, 6) is 0.513. The summed E-state index contributed by atoms with van der Waals surface area (Å²) in [4.78, 5) is 17.5. The van der Waals surface area contributed by atoms with Gasteiger partial charge in [-0.1, -0.05) is 19.1 Å². The molecule has 0 aliphatic carbocycles. The Balaban J connectivity index is 0.00000312. The molecule has 0 bridgehead atoms. The molecule has 1 aromatic heterocycles. The Kier molecular flexibility index (Phi) is 9.51. The topological polar surface area (TPSA) is 65.5 Å². The van der Waals surface area contributed by atoms with E-state index in [2.05, 4.69) is 46.2 Å². The van der Waals surface area contributed by atoms with E-state index in [4.69, 9.17) is 0 Å². The van der Waals surface area contributed by atoms with Gasteiger partial charge in [-0.25, -0.2) is 0 Å². The van der Waals surface area contributed by atoms with E-state index >= 15 is 0 Å². The van der Waals surface area contributed by atoms with E-state index in [-0.39, 0.29) is 36.4 Å². The minimum absolute atomic E-state index is 0. The molecule has 0 radical (unpaired) electrons. The van der Waals surface area contributed by atoms with Crippen LogP contribution in [0.4, 0.5) is 5.69 Å². The van der Waals surface area contributed by atoms with Gasteiger partial charge in [-0.05, 0) is 48.1 Å². The summed E-state index contributed by atoms with van der Waals surface area (Å²) >= 11 is 1.71. The molecule has 5 nitrogen and oxygen atoms in total. The minimum atomic E-state index is -0.0986. The van der Waals surface area contributed by atoms with Crippen LogP contribution >= 0.6 is 35.3 Å². The van der Waals surface area contributed by atoms with Crippen molar-refractivity contribution in [3.8, 4) is 0 Å². The van der Waals surface area contributed by atoms with E-state index in [0.29, 0.717) is 12.5 Å². The fourth-order valence-electron chi connectivity index (χ4n) is 2.21. The lowest BCUT2D eigenvalue weighted by Gasteiger charge is -2.12. The SMILES string of the molecule is CCc1cccc(NC(=O)CNC(=NC)NCc2sccc2C)c1.I. The molecule has 0 aliphatic rings. The fraction of sp³-hybridized carbons (Fsp3) is 0.333. The molecular formula is C18H25IN4OS. The van der Waals surface area contributed by atoms with Crippen molar-refractivity contribution in [2.45, 2.75) is 26.8 Å². The van der Waals surface area contributed by atoms with Crippen LogP contribution in [0.1, 0.15) is 22.9 Å². The van der Waals surface area contributed by atoms with Gasteiger partial charge >= 0.3 is 0 Å². The number of halogens is 1. The number of hydrogen-bond acceptors (Lipinski definition) is 3. The Morgan fingerprint density at radius 3 is 2.68 bits per heavy atom. The summed E-state index contributed by atoms with van der Waals surface area (Å²) in [6, 6.07) is 9.97. The fourth-order valence-corrected chi connectivity index (χ4v) is 3.05. The number of aliphatic imine (C=N–C) groups is 1. The predicted octanol–water partition coefficient (Wildman–Crippen LogP) is 3.54. The number of amides is 1. The number of carbonyl (C=O) groups excluding carboxylic acids is 1. The normalized spacial score (nSPS) is 10.8. The molecule has 1 aromatic carbocycles. The summed E-state index contributed by atoms with van der Waals surface area (Å²) in [7, 11) is 1.69. The predicted molar refractivity (Wildman–Crippen MR) is 117 cm³/mol. The molecule has 2 aromatic rings. The largest absolute Gasteiger partial charge is 0.352 e. The Morgan fingerprint density at radius 1 is 1.24 bits per heavy atom. The van der Waals surface area contributed by atoms with Gasteiger partial charge in [0.05, 0.1) is 13.1 Å². The third-order valence-corrected chi connectivity index (χ3v) is 4.67. The molecule has 0 atom stereocenters. The summed E-state index contributed by atoms with van der Waals surface area (Å²) in [5.41, 5.74) is 3.28. The molecular weight excluding hydrogens is 447 g/mol. The van der Waals surface area contributed by atoms with Crippen molar-refractivity contribution in [2.75, 3.05) is 18.9 Å². The van der Waals surface area contributed by atoms with Crippen LogP contribution in [0.5, 0.6) is 0 Å². The van der Waals surface area contributed by atoms with Gasteiger partial charge in [0.2, 0.25) is 5.91 Å². The lowest BCUT2D eigenvalue weighted by Crippen LogP contribution is -2.41. The molecule has 0 unspecified atom stereocenters. The van der Waals surface area contributed by atoms with Crippen LogP contribution in [0.2, 0.25) is 0 Å².